The topological polar surface area (TPSA) is 93.7 Å². The van der Waals surface area contributed by atoms with Crippen LogP contribution in [0.25, 0.3) is 11.3 Å². The number of hydrogen-bond acceptors (Lipinski definition) is 6. The summed E-state index contributed by atoms with van der Waals surface area (Å²) in [6.07, 6.45) is 1.73. The molecule has 0 bridgehead atoms. The molecule has 0 amide bonds. The number of non-ortho nitro benzene ring substituents is 1. The molecule has 0 radical (unpaired) electrons. The summed E-state index contributed by atoms with van der Waals surface area (Å²) < 4.78 is 11.6. The lowest BCUT2D eigenvalue weighted by molar-refractivity contribution is -0.384. The van der Waals surface area contributed by atoms with Crippen LogP contribution < -0.4 is 15.0 Å². The molecule has 1 saturated heterocycles. The van der Waals surface area contributed by atoms with E-state index in [4.69, 9.17) is 33.0 Å². The zero-order chi connectivity index (χ0) is 24.5. The van der Waals surface area contributed by atoms with Crippen molar-refractivity contribution in [1.29, 1.82) is 0 Å². The Labute approximate surface area is 211 Å². The molecule has 3 heterocycles. The van der Waals surface area contributed by atoms with Crippen LogP contribution >= 0.6 is 23.8 Å². The van der Waals surface area contributed by atoms with Gasteiger partial charge in [-0.3, -0.25) is 15.1 Å². The first-order chi connectivity index (χ1) is 17.0. The summed E-state index contributed by atoms with van der Waals surface area (Å²) >= 11 is 12.2. The Balaban J connectivity index is 1.57. The van der Waals surface area contributed by atoms with Crippen LogP contribution in [0.1, 0.15) is 23.5 Å². The van der Waals surface area contributed by atoms with Crippen molar-refractivity contribution in [2.45, 2.75) is 12.1 Å². The van der Waals surface area contributed by atoms with Gasteiger partial charge in [-0.2, -0.15) is 0 Å². The number of methoxy groups -OCH3 is 1. The summed E-state index contributed by atoms with van der Waals surface area (Å²) in [6, 6.07) is 20.5. The highest BCUT2D eigenvalue weighted by Crippen LogP contribution is 2.44. The van der Waals surface area contributed by atoms with Crippen molar-refractivity contribution in [2.24, 2.45) is 0 Å². The standard InChI is InChI=1S/C25H19ClN4O4S/c1-33-21-10-9-17(14-18(21)26)29-24(23(28-25(29)35)19-4-2-3-13-27-19)22-12-11-20(34-22)15-5-7-16(8-6-15)30(31)32/h2-14,23-24H,1H3,(H,28,35)/t23-,24-/m1/s1. The number of anilines is 1. The normalized spacial score (nSPS) is 17.3. The second-order valence-electron chi connectivity index (χ2n) is 7.82. The molecule has 5 rings (SSSR count). The molecule has 0 spiro atoms. The minimum atomic E-state index is -0.433. The number of rotatable bonds is 6. The van der Waals surface area contributed by atoms with Crippen molar-refractivity contribution < 1.29 is 14.1 Å². The second-order valence-corrected chi connectivity index (χ2v) is 8.62. The number of ether oxygens (including phenoxy) is 1. The first-order valence-electron chi connectivity index (χ1n) is 10.6. The molecular formula is C25H19ClN4O4S. The van der Waals surface area contributed by atoms with Gasteiger partial charge in [-0.25, -0.2) is 0 Å². The first kappa shape index (κ1) is 22.8. The summed E-state index contributed by atoms with van der Waals surface area (Å²) in [5.41, 5.74) is 2.31. The molecule has 1 aliphatic rings. The third-order valence-corrected chi connectivity index (χ3v) is 6.40. The van der Waals surface area contributed by atoms with Gasteiger partial charge in [0.25, 0.3) is 5.69 Å². The zero-order valence-corrected chi connectivity index (χ0v) is 20.0. The average molecular weight is 507 g/mol. The molecular weight excluding hydrogens is 488 g/mol. The highest BCUT2D eigenvalue weighted by atomic mass is 35.5. The van der Waals surface area contributed by atoms with E-state index >= 15 is 0 Å². The van der Waals surface area contributed by atoms with Crippen LogP contribution in [-0.2, 0) is 0 Å². The molecule has 35 heavy (non-hydrogen) atoms. The fraction of sp³-hybridized carbons (Fsp3) is 0.120. The smallest absolute Gasteiger partial charge is 0.269 e. The minimum Gasteiger partial charge on any atom is -0.495 e. The van der Waals surface area contributed by atoms with Gasteiger partial charge in [0.15, 0.2) is 5.11 Å². The molecule has 1 fully saturated rings. The fourth-order valence-electron chi connectivity index (χ4n) is 4.14. The Bertz CT molecular complexity index is 1390. The van der Waals surface area contributed by atoms with E-state index < -0.39 is 4.92 Å². The molecule has 1 aliphatic heterocycles. The third-order valence-electron chi connectivity index (χ3n) is 5.79. The van der Waals surface area contributed by atoms with E-state index in [0.29, 0.717) is 27.4 Å². The van der Waals surface area contributed by atoms with Crippen molar-refractivity contribution in [3.63, 3.8) is 0 Å². The molecule has 4 aromatic rings. The highest BCUT2D eigenvalue weighted by molar-refractivity contribution is 7.80. The lowest BCUT2D eigenvalue weighted by Gasteiger charge is -2.26. The molecule has 176 valence electrons. The van der Waals surface area contributed by atoms with E-state index in [1.54, 1.807) is 37.6 Å². The number of halogens is 1. The lowest BCUT2D eigenvalue weighted by atomic mass is 10.0. The van der Waals surface area contributed by atoms with Crippen molar-refractivity contribution in [3.05, 3.63) is 106 Å². The van der Waals surface area contributed by atoms with E-state index in [1.807, 2.05) is 41.3 Å². The van der Waals surface area contributed by atoms with Crippen molar-refractivity contribution in [2.75, 3.05) is 12.0 Å². The number of furan rings is 1. The number of nitro groups is 1. The molecule has 2 aromatic carbocycles. The van der Waals surface area contributed by atoms with Gasteiger partial charge in [0.1, 0.15) is 23.3 Å². The van der Waals surface area contributed by atoms with Gasteiger partial charge < -0.3 is 19.4 Å². The summed E-state index contributed by atoms with van der Waals surface area (Å²) in [5.74, 6) is 1.79. The van der Waals surface area contributed by atoms with Gasteiger partial charge >= 0.3 is 0 Å². The molecule has 0 aliphatic carbocycles. The predicted molar refractivity (Wildman–Crippen MR) is 137 cm³/mol. The van der Waals surface area contributed by atoms with Crippen LogP contribution in [0.4, 0.5) is 11.4 Å². The number of nitrogens with one attached hydrogen (secondary N) is 1. The molecule has 2 aromatic heterocycles. The van der Waals surface area contributed by atoms with Gasteiger partial charge in [-0.1, -0.05) is 17.7 Å². The van der Waals surface area contributed by atoms with Crippen molar-refractivity contribution in [3.8, 4) is 17.1 Å². The van der Waals surface area contributed by atoms with Crippen LogP contribution in [0.5, 0.6) is 5.75 Å². The van der Waals surface area contributed by atoms with E-state index in [-0.39, 0.29) is 17.8 Å². The molecule has 8 nitrogen and oxygen atoms in total. The Morgan fingerprint density at radius 3 is 2.60 bits per heavy atom. The summed E-state index contributed by atoms with van der Waals surface area (Å²) in [6.45, 7) is 0. The molecule has 0 saturated carbocycles. The van der Waals surface area contributed by atoms with Crippen LogP contribution in [-0.4, -0.2) is 22.1 Å². The summed E-state index contributed by atoms with van der Waals surface area (Å²) in [5, 5.41) is 15.3. The molecule has 10 heteroatoms. The van der Waals surface area contributed by atoms with E-state index in [9.17, 15) is 10.1 Å². The number of aromatic nitrogens is 1. The maximum Gasteiger partial charge on any atom is 0.269 e. The Hall–Kier alpha value is -3.95. The van der Waals surface area contributed by atoms with Gasteiger partial charge in [-0.15, -0.1) is 0 Å². The van der Waals surface area contributed by atoms with Gasteiger partial charge in [0, 0.05) is 29.6 Å². The predicted octanol–water partition coefficient (Wildman–Crippen LogP) is 6.09. The van der Waals surface area contributed by atoms with Gasteiger partial charge in [0.05, 0.1) is 28.8 Å². The van der Waals surface area contributed by atoms with Crippen LogP contribution in [0, 0.1) is 10.1 Å². The Morgan fingerprint density at radius 2 is 1.94 bits per heavy atom. The molecule has 2 atom stereocenters. The minimum absolute atomic E-state index is 0.0173. The van der Waals surface area contributed by atoms with E-state index in [0.717, 1.165) is 16.9 Å². The van der Waals surface area contributed by atoms with E-state index in [2.05, 4.69) is 10.3 Å². The summed E-state index contributed by atoms with van der Waals surface area (Å²) in [7, 11) is 1.56. The van der Waals surface area contributed by atoms with Crippen molar-refractivity contribution in [1.82, 2.24) is 10.3 Å². The number of nitrogens with zero attached hydrogens (tertiary/aromatic N) is 3. The van der Waals surface area contributed by atoms with E-state index in [1.165, 1.54) is 12.1 Å². The second kappa shape index (κ2) is 9.36. The highest BCUT2D eigenvalue weighted by Gasteiger charge is 2.42. The van der Waals surface area contributed by atoms with Crippen LogP contribution in [0.15, 0.2) is 83.4 Å². The SMILES string of the molecule is COc1ccc(N2C(=S)N[C@H](c3ccccn3)[C@H]2c2ccc(-c3ccc([N+](=O)[O-])cc3)o2)cc1Cl. The number of hydrogen-bond donors (Lipinski definition) is 1. The number of nitro benzene ring substituents is 1. The molecule has 1 N–H and O–H groups in total. The first-order valence-corrected chi connectivity index (χ1v) is 11.4. The number of pyridine rings is 1. The van der Waals surface area contributed by atoms with Gasteiger partial charge in [-0.05, 0) is 66.8 Å². The van der Waals surface area contributed by atoms with Crippen LogP contribution in [0.3, 0.4) is 0 Å². The maximum atomic E-state index is 11.0. The monoisotopic (exact) mass is 506 g/mol. The third kappa shape index (κ3) is 4.31. The maximum absolute atomic E-state index is 11.0. The Kier molecular flexibility index (Phi) is 6.10. The summed E-state index contributed by atoms with van der Waals surface area (Å²) in [4.78, 5) is 17.0. The Morgan fingerprint density at radius 1 is 1.14 bits per heavy atom. The van der Waals surface area contributed by atoms with Crippen LogP contribution in [0.2, 0.25) is 5.02 Å². The number of benzene rings is 2. The van der Waals surface area contributed by atoms with Gasteiger partial charge in [0.2, 0.25) is 0 Å². The zero-order valence-electron chi connectivity index (χ0n) is 18.4. The number of thiocarbonyl (C=S) groups is 1. The largest absolute Gasteiger partial charge is 0.495 e. The molecule has 0 unspecified atom stereocenters. The quantitative estimate of drug-likeness (QED) is 0.191. The fourth-order valence-corrected chi connectivity index (χ4v) is 4.74. The van der Waals surface area contributed by atoms with Crippen molar-refractivity contribution >= 4 is 40.3 Å². The lowest BCUT2D eigenvalue weighted by Crippen LogP contribution is -2.29. The average Bonchev–Trinajstić information content (AvgIpc) is 3.49.